The van der Waals surface area contributed by atoms with Crippen LogP contribution in [0.5, 0.6) is 0 Å². The largest absolute Gasteiger partial charge is 0.469 e. The summed E-state index contributed by atoms with van der Waals surface area (Å²) in [4.78, 5) is 28.4. The van der Waals surface area contributed by atoms with E-state index in [2.05, 4.69) is 36.1 Å². The van der Waals surface area contributed by atoms with Crippen molar-refractivity contribution in [3.63, 3.8) is 0 Å². The Morgan fingerprint density at radius 2 is 1.81 bits per heavy atom. The summed E-state index contributed by atoms with van der Waals surface area (Å²) in [6, 6.07) is 8.27. The first-order chi connectivity index (χ1) is 13.1. The molecule has 0 N–H and O–H groups in total. The number of hydrogen-bond acceptors (Lipinski definition) is 5. The van der Waals surface area contributed by atoms with E-state index in [4.69, 9.17) is 9.47 Å². The minimum absolute atomic E-state index is 0.0986. The highest BCUT2D eigenvalue weighted by atomic mass is 16.5. The highest BCUT2D eigenvalue weighted by molar-refractivity contribution is 5.77. The molecule has 0 spiro atoms. The van der Waals surface area contributed by atoms with Gasteiger partial charge in [0.15, 0.2) is 0 Å². The molecule has 27 heavy (non-hydrogen) atoms. The van der Waals surface area contributed by atoms with Crippen molar-refractivity contribution in [1.29, 1.82) is 0 Å². The number of carbonyl (C=O) groups is 2. The Bertz CT molecular complexity index is 582. The third kappa shape index (κ3) is 8.10. The van der Waals surface area contributed by atoms with Crippen molar-refractivity contribution in [2.75, 3.05) is 53.0 Å². The van der Waals surface area contributed by atoms with E-state index >= 15 is 0 Å². The molecule has 1 heterocycles. The van der Waals surface area contributed by atoms with Gasteiger partial charge in [0.25, 0.3) is 0 Å². The number of nitrogens with zero attached hydrogens (tertiary/aromatic N) is 2. The van der Waals surface area contributed by atoms with E-state index in [-0.39, 0.29) is 18.3 Å². The Morgan fingerprint density at radius 1 is 1.11 bits per heavy atom. The normalized spacial score (nSPS) is 14.7. The fraction of sp³-hybridized carbons (Fsp3) is 0.619. The lowest BCUT2D eigenvalue weighted by Gasteiger charge is -2.28. The van der Waals surface area contributed by atoms with E-state index in [0.717, 1.165) is 51.3 Å². The van der Waals surface area contributed by atoms with Gasteiger partial charge in [-0.1, -0.05) is 29.8 Å². The molecule has 1 fully saturated rings. The first-order valence-electron chi connectivity index (χ1n) is 9.78. The van der Waals surface area contributed by atoms with E-state index in [1.165, 1.54) is 12.7 Å². The standard InChI is InChI=1S/C21H32N2O4/c1-18-4-6-19(7-5-18)8-9-20(24)23(13-10-21(25)26-2)12-3-11-22-14-16-27-17-15-22/h4-7H,3,8-17H2,1-2H3. The third-order valence-electron chi connectivity index (χ3n) is 4.92. The highest BCUT2D eigenvalue weighted by Gasteiger charge is 2.16. The average molecular weight is 376 g/mol. The van der Waals surface area contributed by atoms with Gasteiger partial charge in [0.2, 0.25) is 5.91 Å². The lowest BCUT2D eigenvalue weighted by atomic mass is 10.1. The quantitative estimate of drug-likeness (QED) is 0.585. The van der Waals surface area contributed by atoms with Crippen molar-refractivity contribution in [2.45, 2.75) is 32.6 Å². The van der Waals surface area contributed by atoms with Crippen LogP contribution in [0.25, 0.3) is 0 Å². The van der Waals surface area contributed by atoms with Gasteiger partial charge in [-0.25, -0.2) is 0 Å². The minimum Gasteiger partial charge on any atom is -0.469 e. The van der Waals surface area contributed by atoms with E-state index in [1.54, 1.807) is 0 Å². The first-order valence-corrected chi connectivity index (χ1v) is 9.78. The van der Waals surface area contributed by atoms with Crippen LogP contribution in [0.2, 0.25) is 0 Å². The van der Waals surface area contributed by atoms with Gasteiger partial charge in [-0.3, -0.25) is 14.5 Å². The van der Waals surface area contributed by atoms with Crippen LogP contribution in [0.1, 0.15) is 30.4 Å². The Hall–Kier alpha value is -1.92. The smallest absolute Gasteiger partial charge is 0.307 e. The summed E-state index contributed by atoms with van der Waals surface area (Å²) in [6.07, 6.45) is 2.32. The lowest BCUT2D eigenvalue weighted by Crippen LogP contribution is -2.39. The number of rotatable bonds is 10. The summed E-state index contributed by atoms with van der Waals surface area (Å²) in [5.41, 5.74) is 2.38. The number of esters is 1. The molecule has 0 unspecified atom stereocenters. The number of hydrogen-bond donors (Lipinski definition) is 0. The second kappa shape index (κ2) is 11.7. The van der Waals surface area contributed by atoms with Crippen LogP contribution in [-0.2, 0) is 25.5 Å². The topological polar surface area (TPSA) is 59.1 Å². The van der Waals surface area contributed by atoms with Gasteiger partial charge in [0.1, 0.15) is 0 Å². The van der Waals surface area contributed by atoms with E-state index in [9.17, 15) is 9.59 Å². The first kappa shape index (κ1) is 21.4. The van der Waals surface area contributed by atoms with Gasteiger partial charge >= 0.3 is 5.97 Å². The Labute approximate surface area is 162 Å². The number of carbonyl (C=O) groups excluding carboxylic acids is 2. The van der Waals surface area contributed by atoms with Crippen LogP contribution in [-0.4, -0.2) is 74.7 Å². The molecule has 0 radical (unpaired) electrons. The molecule has 1 aliphatic rings. The zero-order valence-electron chi connectivity index (χ0n) is 16.6. The molecule has 0 aromatic heterocycles. The molecule has 150 valence electrons. The summed E-state index contributed by atoms with van der Waals surface area (Å²) < 4.78 is 10.1. The van der Waals surface area contributed by atoms with Crippen LogP contribution in [0.4, 0.5) is 0 Å². The predicted molar refractivity (Wildman–Crippen MR) is 105 cm³/mol. The number of morpholine rings is 1. The van der Waals surface area contributed by atoms with Gasteiger partial charge < -0.3 is 14.4 Å². The van der Waals surface area contributed by atoms with Crippen LogP contribution in [0.15, 0.2) is 24.3 Å². The van der Waals surface area contributed by atoms with Crippen LogP contribution in [0, 0.1) is 6.92 Å². The number of methoxy groups -OCH3 is 1. The van der Waals surface area contributed by atoms with Gasteiger partial charge in [-0.2, -0.15) is 0 Å². The molecule has 1 amide bonds. The summed E-state index contributed by atoms with van der Waals surface area (Å²) >= 11 is 0. The predicted octanol–water partition coefficient (Wildman–Crippen LogP) is 2.04. The minimum atomic E-state index is -0.278. The second-order valence-electron chi connectivity index (χ2n) is 7.00. The molecule has 0 atom stereocenters. The molecule has 0 aliphatic carbocycles. The molecule has 0 saturated carbocycles. The van der Waals surface area contributed by atoms with Crippen molar-refractivity contribution in [2.24, 2.45) is 0 Å². The van der Waals surface area contributed by atoms with Crippen molar-refractivity contribution in [3.05, 3.63) is 35.4 Å². The summed E-state index contributed by atoms with van der Waals surface area (Å²) in [5.74, 6) is -0.180. The fourth-order valence-electron chi connectivity index (χ4n) is 3.16. The molecule has 6 heteroatoms. The van der Waals surface area contributed by atoms with Crippen LogP contribution in [0.3, 0.4) is 0 Å². The van der Waals surface area contributed by atoms with Crippen molar-refractivity contribution in [3.8, 4) is 0 Å². The Morgan fingerprint density at radius 3 is 2.48 bits per heavy atom. The maximum Gasteiger partial charge on any atom is 0.307 e. The van der Waals surface area contributed by atoms with Crippen LogP contribution < -0.4 is 0 Å². The highest BCUT2D eigenvalue weighted by Crippen LogP contribution is 2.09. The maximum atomic E-state index is 12.7. The average Bonchev–Trinajstić information content (AvgIpc) is 2.70. The van der Waals surface area contributed by atoms with E-state index in [1.807, 2.05) is 4.90 Å². The fourth-order valence-corrected chi connectivity index (χ4v) is 3.16. The Kier molecular flexibility index (Phi) is 9.28. The van der Waals surface area contributed by atoms with Crippen molar-refractivity contribution in [1.82, 2.24) is 9.80 Å². The zero-order chi connectivity index (χ0) is 19.5. The maximum absolute atomic E-state index is 12.7. The van der Waals surface area contributed by atoms with Gasteiger partial charge in [-0.05, 0) is 25.3 Å². The molecule has 1 saturated heterocycles. The molecule has 1 aromatic rings. The number of aryl methyl sites for hydroxylation is 2. The summed E-state index contributed by atoms with van der Waals surface area (Å²) in [6.45, 7) is 7.54. The van der Waals surface area contributed by atoms with E-state index in [0.29, 0.717) is 19.5 Å². The molecular formula is C21H32N2O4. The molecule has 2 rings (SSSR count). The molecule has 1 aromatic carbocycles. The van der Waals surface area contributed by atoms with Gasteiger partial charge in [0, 0.05) is 39.1 Å². The number of amides is 1. The number of ether oxygens (including phenoxy) is 2. The molecular weight excluding hydrogens is 344 g/mol. The zero-order valence-corrected chi connectivity index (χ0v) is 16.6. The second-order valence-corrected chi connectivity index (χ2v) is 7.00. The molecule has 6 nitrogen and oxygen atoms in total. The van der Waals surface area contributed by atoms with Gasteiger partial charge in [0.05, 0.1) is 26.7 Å². The summed E-state index contributed by atoms with van der Waals surface area (Å²) in [7, 11) is 1.38. The van der Waals surface area contributed by atoms with Gasteiger partial charge in [-0.15, -0.1) is 0 Å². The number of benzene rings is 1. The third-order valence-corrected chi connectivity index (χ3v) is 4.92. The Balaban J connectivity index is 1.81. The van der Waals surface area contributed by atoms with Crippen LogP contribution >= 0.6 is 0 Å². The van der Waals surface area contributed by atoms with Crippen molar-refractivity contribution < 1.29 is 19.1 Å². The SMILES string of the molecule is COC(=O)CCN(CCCN1CCOCC1)C(=O)CCc1ccc(C)cc1. The molecule has 0 bridgehead atoms. The lowest BCUT2D eigenvalue weighted by molar-refractivity contribution is -0.141. The van der Waals surface area contributed by atoms with E-state index < -0.39 is 0 Å². The summed E-state index contributed by atoms with van der Waals surface area (Å²) in [5, 5.41) is 0. The monoisotopic (exact) mass is 376 g/mol. The molecule has 1 aliphatic heterocycles. The van der Waals surface area contributed by atoms with Crippen molar-refractivity contribution >= 4 is 11.9 Å².